The fraction of sp³-hybridized carbons (Fsp3) is 0.500. The molecule has 5 nitrogen and oxygen atoms in total. The van der Waals surface area contributed by atoms with Gasteiger partial charge in [0.1, 0.15) is 5.69 Å². The first-order valence-corrected chi connectivity index (χ1v) is 6.51. The summed E-state index contributed by atoms with van der Waals surface area (Å²) in [6.45, 7) is 0.430. The lowest BCUT2D eigenvalue weighted by molar-refractivity contribution is 0.0641. The van der Waals surface area contributed by atoms with Gasteiger partial charge < -0.3 is 14.7 Å². The minimum Gasteiger partial charge on any atom is -0.394 e. The van der Waals surface area contributed by atoms with Crippen molar-refractivity contribution < 1.29 is 14.6 Å². The van der Waals surface area contributed by atoms with E-state index in [4.69, 9.17) is 4.74 Å². The molecule has 0 radical (unpaired) electrons. The molecule has 1 amide bonds. The highest BCUT2D eigenvalue weighted by atomic mass is 79.9. The predicted molar refractivity (Wildman–Crippen MR) is 69.3 cm³/mol. The zero-order valence-electron chi connectivity index (χ0n) is 10.0. The summed E-state index contributed by atoms with van der Waals surface area (Å²) < 4.78 is 5.91. The van der Waals surface area contributed by atoms with Gasteiger partial charge in [-0.3, -0.25) is 4.79 Å². The normalized spacial score (nSPS) is 23.4. The number of aliphatic hydroxyl groups is 1. The molecular weight excluding hydrogens is 300 g/mol. The van der Waals surface area contributed by atoms with Crippen LogP contribution in [0.2, 0.25) is 0 Å². The second-order valence-electron chi connectivity index (χ2n) is 4.22. The van der Waals surface area contributed by atoms with E-state index in [2.05, 4.69) is 20.9 Å². The average molecular weight is 315 g/mol. The van der Waals surface area contributed by atoms with Gasteiger partial charge in [0.15, 0.2) is 0 Å². The third-order valence-electron chi connectivity index (χ3n) is 3.14. The van der Waals surface area contributed by atoms with Crippen molar-refractivity contribution in [2.24, 2.45) is 0 Å². The fourth-order valence-corrected chi connectivity index (χ4v) is 2.57. The molecule has 0 bridgehead atoms. The standard InChI is InChI=1S/C12H15BrN2O3/c1-18-9-5-8(7-16)15(6-9)12(17)11-10(13)3-2-4-14-11/h2-4,8-9,16H,5-7H2,1H3/t8-,9+/m0/s1. The molecule has 1 fully saturated rings. The van der Waals surface area contributed by atoms with E-state index in [1.54, 1.807) is 30.3 Å². The molecule has 0 spiro atoms. The van der Waals surface area contributed by atoms with Crippen LogP contribution in [0.5, 0.6) is 0 Å². The van der Waals surface area contributed by atoms with Gasteiger partial charge in [-0.2, -0.15) is 0 Å². The third-order valence-corrected chi connectivity index (χ3v) is 3.78. The van der Waals surface area contributed by atoms with Crippen LogP contribution in [-0.2, 0) is 4.74 Å². The maximum atomic E-state index is 12.4. The van der Waals surface area contributed by atoms with Gasteiger partial charge in [-0.1, -0.05) is 0 Å². The van der Waals surface area contributed by atoms with Crippen molar-refractivity contribution >= 4 is 21.8 Å². The predicted octanol–water partition coefficient (Wildman–Crippen LogP) is 1.07. The summed E-state index contributed by atoms with van der Waals surface area (Å²) >= 11 is 3.31. The number of nitrogens with zero attached hydrogens (tertiary/aromatic N) is 2. The van der Waals surface area contributed by atoms with Crippen LogP contribution < -0.4 is 0 Å². The molecule has 1 aliphatic rings. The highest BCUT2D eigenvalue weighted by Gasteiger charge is 2.36. The molecule has 0 aromatic carbocycles. The van der Waals surface area contributed by atoms with Gasteiger partial charge in [0.2, 0.25) is 0 Å². The third kappa shape index (κ3) is 2.55. The molecule has 1 aromatic rings. The molecule has 6 heteroatoms. The number of hydrogen-bond donors (Lipinski definition) is 1. The van der Waals surface area contributed by atoms with Gasteiger partial charge in [0.05, 0.1) is 18.8 Å². The fourth-order valence-electron chi connectivity index (χ4n) is 2.15. The molecular formula is C12H15BrN2O3. The lowest BCUT2D eigenvalue weighted by Crippen LogP contribution is -2.38. The largest absolute Gasteiger partial charge is 0.394 e. The minimum atomic E-state index is -0.198. The summed E-state index contributed by atoms with van der Waals surface area (Å²) in [6.07, 6.45) is 2.22. The van der Waals surface area contributed by atoms with Crippen molar-refractivity contribution in [3.05, 3.63) is 28.5 Å². The summed E-state index contributed by atoms with van der Waals surface area (Å²) in [5.74, 6) is -0.180. The van der Waals surface area contributed by atoms with Crippen LogP contribution in [0, 0.1) is 0 Å². The summed E-state index contributed by atoms with van der Waals surface area (Å²) in [5.41, 5.74) is 0.368. The number of aliphatic hydroxyl groups excluding tert-OH is 1. The number of carbonyl (C=O) groups is 1. The summed E-state index contributed by atoms with van der Waals surface area (Å²) in [5, 5.41) is 9.33. The van der Waals surface area contributed by atoms with E-state index in [0.717, 1.165) is 0 Å². The number of rotatable bonds is 3. The number of pyridine rings is 1. The molecule has 0 unspecified atom stereocenters. The van der Waals surface area contributed by atoms with Crippen molar-refractivity contribution in [1.29, 1.82) is 0 Å². The highest BCUT2D eigenvalue weighted by Crippen LogP contribution is 2.24. The first-order valence-electron chi connectivity index (χ1n) is 5.72. The first kappa shape index (κ1) is 13.5. The topological polar surface area (TPSA) is 62.7 Å². The Bertz CT molecular complexity index is 441. The Morgan fingerprint density at radius 1 is 1.72 bits per heavy atom. The SMILES string of the molecule is CO[C@@H]1C[C@@H](CO)N(C(=O)c2ncccc2Br)C1. The number of aromatic nitrogens is 1. The van der Waals surface area contributed by atoms with Crippen LogP contribution >= 0.6 is 15.9 Å². The highest BCUT2D eigenvalue weighted by molar-refractivity contribution is 9.10. The van der Waals surface area contributed by atoms with E-state index < -0.39 is 0 Å². The van der Waals surface area contributed by atoms with E-state index in [0.29, 0.717) is 23.1 Å². The Balaban J connectivity index is 2.21. The van der Waals surface area contributed by atoms with E-state index in [-0.39, 0.29) is 24.7 Å². The second kappa shape index (κ2) is 5.77. The molecule has 1 aliphatic heterocycles. The molecule has 98 valence electrons. The Hall–Kier alpha value is -0.980. The van der Waals surface area contributed by atoms with Crippen molar-refractivity contribution in [2.75, 3.05) is 20.3 Å². The first-order chi connectivity index (χ1) is 8.67. The van der Waals surface area contributed by atoms with Gasteiger partial charge in [-0.15, -0.1) is 0 Å². The Kier molecular flexibility index (Phi) is 4.31. The second-order valence-corrected chi connectivity index (χ2v) is 5.08. The van der Waals surface area contributed by atoms with Crippen molar-refractivity contribution in [3.8, 4) is 0 Å². The maximum absolute atomic E-state index is 12.4. The molecule has 2 rings (SSSR count). The smallest absolute Gasteiger partial charge is 0.274 e. The van der Waals surface area contributed by atoms with Crippen molar-refractivity contribution in [2.45, 2.75) is 18.6 Å². The number of amides is 1. The Morgan fingerprint density at radius 3 is 3.11 bits per heavy atom. The lowest BCUT2D eigenvalue weighted by atomic mass is 10.2. The Labute approximate surface area is 114 Å². The van der Waals surface area contributed by atoms with Gasteiger partial charge in [-0.25, -0.2) is 4.98 Å². The van der Waals surface area contributed by atoms with Crippen LogP contribution in [-0.4, -0.2) is 53.3 Å². The van der Waals surface area contributed by atoms with E-state index >= 15 is 0 Å². The quantitative estimate of drug-likeness (QED) is 0.906. The molecule has 1 N–H and O–H groups in total. The molecule has 2 heterocycles. The molecule has 2 atom stereocenters. The minimum absolute atomic E-state index is 0.0198. The van der Waals surface area contributed by atoms with Gasteiger partial charge in [0, 0.05) is 24.3 Å². The van der Waals surface area contributed by atoms with Crippen LogP contribution in [0.1, 0.15) is 16.9 Å². The zero-order chi connectivity index (χ0) is 13.1. The number of hydrogen-bond acceptors (Lipinski definition) is 4. The van der Waals surface area contributed by atoms with Crippen LogP contribution in [0.25, 0.3) is 0 Å². The molecule has 1 aromatic heterocycles. The molecule has 1 saturated heterocycles. The molecule has 0 aliphatic carbocycles. The van der Waals surface area contributed by atoms with E-state index in [1.807, 2.05) is 0 Å². The van der Waals surface area contributed by atoms with Crippen molar-refractivity contribution in [3.63, 3.8) is 0 Å². The van der Waals surface area contributed by atoms with Crippen LogP contribution in [0.4, 0.5) is 0 Å². The summed E-state index contributed by atoms with van der Waals surface area (Å²) in [6, 6.07) is 3.33. The van der Waals surface area contributed by atoms with Crippen LogP contribution in [0.3, 0.4) is 0 Å². The maximum Gasteiger partial charge on any atom is 0.274 e. The Morgan fingerprint density at radius 2 is 2.50 bits per heavy atom. The van der Waals surface area contributed by atoms with Crippen molar-refractivity contribution in [1.82, 2.24) is 9.88 Å². The number of carbonyl (C=O) groups excluding carboxylic acids is 1. The zero-order valence-corrected chi connectivity index (χ0v) is 11.6. The van der Waals surface area contributed by atoms with Gasteiger partial charge in [-0.05, 0) is 34.5 Å². The molecule has 18 heavy (non-hydrogen) atoms. The van der Waals surface area contributed by atoms with Gasteiger partial charge in [0.25, 0.3) is 5.91 Å². The van der Waals surface area contributed by atoms with E-state index in [1.165, 1.54) is 0 Å². The lowest BCUT2D eigenvalue weighted by Gasteiger charge is -2.22. The summed E-state index contributed by atoms with van der Waals surface area (Å²) in [7, 11) is 1.61. The van der Waals surface area contributed by atoms with E-state index in [9.17, 15) is 9.90 Å². The number of halogens is 1. The number of likely N-dealkylation sites (tertiary alicyclic amines) is 1. The van der Waals surface area contributed by atoms with Gasteiger partial charge >= 0.3 is 0 Å². The number of methoxy groups -OCH3 is 1. The summed E-state index contributed by atoms with van der Waals surface area (Å²) in [4.78, 5) is 18.1. The average Bonchev–Trinajstić information content (AvgIpc) is 2.82. The van der Waals surface area contributed by atoms with Crippen LogP contribution in [0.15, 0.2) is 22.8 Å². The number of ether oxygens (including phenoxy) is 1. The molecule has 0 saturated carbocycles. The monoisotopic (exact) mass is 314 g/mol.